The second-order valence-corrected chi connectivity index (χ2v) is 12.4. The summed E-state index contributed by atoms with van der Waals surface area (Å²) in [4.78, 5) is 0. The Morgan fingerprint density at radius 3 is 1.66 bits per heavy atom. The third kappa shape index (κ3) is 4.45. The summed E-state index contributed by atoms with van der Waals surface area (Å²) in [5.74, 6) is 0. The van der Waals surface area contributed by atoms with E-state index in [2.05, 4.69) is 118 Å². The van der Waals surface area contributed by atoms with Gasteiger partial charge in [-0.05, 0) is 89.5 Å². The summed E-state index contributed by atoms with van der Waals surface area (Å²) in [5, 5.41) is 33.5. The molecular formula is C45H25N5. The topological polar surface area (TPSA) is 81.2 Å². The van der Waals surface area contributed by atoms with E-state index in [-0.39, 0.29) is 0 Å². The number of rotatable bonds is 4. The van der Waals surface area contributed by atoms with Crippen LogP contribution >= 0.6 is 0 Å². The van der Waals surface area contributed by atoms with Crippen molar-refractivity contribution in [2.24, 2.45) is 0 Å². The predicted octanol–water partition coefficient (Wildman–Crippen LogP) is 10.8. The van der Waals surface area contributed by atoms with Crippen LogP contribution in [0.3, 0.4) is 0 Å². The summed E-state index contributed by atoms with van der Waals surface area (Å²) in [6.07, 6.45) is 0. The molecule has 9 aromatic rings. The summed E-state index contributed by atoms with van der Waals surface area (Å²) in [6, 6.07) is 58.0. The maximum absolute atomic E-state index is 9.87. The Kier molecular flexibility index (Phi) is 6.56. The van der Waals surface area contributed by atoms with E-state index in [4.69, 9.17) is 0 Å². The Morgan fingerprint density at radius 1 is 0.360 bits per heavy atom. The molecule has 5 nitrogen and oxygen atoms in total. The van der Waals surface area contributed by atoms with Crippen molar-refractivity contribution in [1.29, 1.82) is 15.8 Å². The van der Waals surface area contributed by atoms with Gasteiger partial charge in [-0.15, -0.1) is 0 Å². The van der Waals surface area contributed by atoms with Gasteiger partial charge in [-0.25, -0.2) is 0 Å². The molecule has 7 aromatic carbocycles. The SMILES string of the molecule is N#Cc1ccc(-n2c3ccccc3c3ccccc32)c(-c2ccc(-c3cccc(-n4c5ccc(C#N)cc5c5ccc(C#N)cc54)c3)cc2)c1. The lowest BCUT2D eigenvalue weighted by atomic mass is 9.97. The third-order valence-electron chi connectivity index (χ3n) is 9.60. The van der Waals surface area contributed by atoms with Crippen molar-refractivity contribution in [1.82, 2.24) is 9.13 Å². The molecule has 0 radical (unpaired) electrons. The largest absolute Gasteiger partial charge is 0.309 e. The van der Waals surface area contributed by atoms with Crippen LogP contribution in [0.25, 0.3) is 77.2 Å². The van der Waals surface area contributed by atoms with Gasteiger partial charge in [0.2, 0.25) is 0 Å². The minimum Gasteiger partial charge on any atom is -0.309 e. The molecule has 0 saturated heterocycles. The third-order valence-corrected chi connectivity index (χ3v) is 9.60. The van der Waals surface area contributed by atoms with Crippen molar-refractivity contribution < 1.29 is 0 Å². The molecule has 0 aliphatic carbocycles. The Morgan fingerprint density at radius 2 is 0.940 bits per heavy atom. The van der Waals surface area contributed by atoms with Crippen molar-refractivity contribution in [2.45, 2.75) is 0 Å². The zero-order valence-corrected chi connectivity index (χ0v) is 26.7. The van der Waals surface area contributed by atoms with E-state index in [0.717, 1.165) is 66.5 Å². The minimum absolute atomic E-state index is 0.578. The Balaban J connectivity index is 1.17. The number of aromatic nitrogens is 2. The molecule has 50 heavy (non-hydrogen) atoms. The molecule has 5 heteroatoms. The highest BCUT2D eigenvalue weighted by atomic mass is 15.0. The first kappa shape index (κ1) is 28.8. The smallest absolute Gasteiger partial charge is 0.0992 e. The van der Waals surface area contributed by atoms with Gasteiger partial charge in [0.15, 0.2) is 0 Å². The van der Waals surface area contributed by atoms with Crippen LogP contribution in [0.1, 0.15) is 16.7 Å². The second-order valence-electron chi connectivity index (χ2n) is 12.4. The first-order valence-corrected chi connectivity index (χ1v) is 16.3. The van der Waals surface area contributed by atoms with E-state index in [9.17, 15) is 15.8 Å². The molecule has 230 valence electrons. The minimum atomic E-state index is 0.578. The van der Waals surface area contributed by atoms with Crippen LogP contribution in [-0.4, -0.2) is 9.13 Å². The van der Waals surface area contributed by atoms with Crippen molar-refractivity contribution in [2.75, 3.05) is 0 Å². The first-order valence-electron chi connectivity index (χ1n) is 16.3. The van der Waals surface area contributed by atoms with E-state index in [0.29, 0.717) is 16.7 Å². The molecule has 0 bridgehead atoms. The highest BCUT2D eigenvalue weighted by molar-refractivity contribution is 6.11. The standard InChI is InChI=1S/C45H25N5/c46-26-29-13-20-43(50-41-10-3-1-8-36(41)37-9-2-4-11-42(37)50)39(22-29)33-17-15-32(16-18-33)34-6-5-7-35(25-34)49-44-21-14-30(27-47)23-40(44)38-19-12-31(28-48)24-45(38)49/h1-25H. The van der Waals surface area contributed by atoms with E-state index >= 15 is 0 Å². The van der Waals surface area contributed by atoms with Gasteiger partial charge < -0.3 is 9.13 Å². The van der Waals surface area contributed by atoms with Crippen LogP contribution in [0.2, 0.25) is 0 Å². The molecule has 9 rings (SSSR count). The van der Waals surface area contributed by atoms with E-state index < -0.39 is 0 Å². The molecule has 0 atom stereocenters. The lowest BCUT2D eigenvalue weighted by Crippen LogP contribution is -1.98. The molecule has 0 amide bonds. The number of hydrogen-bond donors (Lipinski definition) is 0. The van der Waals surface area contributed by atoms with Gasteiger partial charge >= 0.3 is 0 Å². The van der Waals surface area contributed by atoms with Crippen LogP contribution in [0.5, 0.6) is 0 Å². The molecule has 0 aliphatic rings. The van der Waals surface area contributed by atoms with Gasteiger partial charge in [-0.1, -0.05) is 78.9 Å². The maximum Gasteiger partial charge on any atom is 0.0992 e. The van der Waals surface area contributed by atoms with Gasteiger partial charge in [0.25, 0.3) is 0 Å². The second kappa shape index (κ2) is 11.4. The molecule has 0 N–H and O–H groups in total. The Hall–Kier alpha value is -7.39. The van der Waals surface area contributed by atoms with E-state index in [1.807, 2.05) is 60.7 Å². The lowest BCUT2D eigenvalue weighted by Gasteiger charge is -2.15. The Bertz CT molecular complexity index is 2900. The van der Waals surface area contributed by atoms with Gasteiger partial charge in [0.1, 0.15) is 0 Å². The number of nitrogens with zero attached hydrogens (tertiary/aromatic N) is 5. The fourth-order valence-corrected chi connectivity index (χ4v) is 7.32. The lowest BCUT2D eigenvalue weighted by molar-refractivity contribution is 1.18. The fourth-order valence-electron chi connectivity index (χ4n) is 7.32. The summed E-state index contributed by atoms with van der Waals surface area (Å²) in [7, 11) is 0. The molecule has 0 spiro atoms. The number of nitriles is 3. The molecule has 0 saturated carbocycles. The molecule has 0 aliphatic heterocycles. The predicted molar refractivity (Wildman–Crippen MR) is 200 cm³/mol. The van der Waals surface area contributed by atoms with Crippen LogP contribution < -0.4 is 0 Å². The van der Waals surface area contributed by atoms with Crippen LogP contribution in [-0.2, 0) is 0 Å². The molecule has 2 heterocycles. The van der Waals surface area contributed by atoms with Crippen molar-refractivity contribution in [3.05, 3.63) is 168 Å². The molecule has 0 fully saturated rings. The number of para-hydroxylation sites is 2. The van der Waals surface area contributed by atoms with Crippen molar-refractivity contribution in [3.8, 4) is 51.8 Å². The van der Waals surface area contributed by atoms with Crippen LogP contribution in [0.15, 0.2) is 152 Å². The monoisotopic (exact) mass is 635 g/mol. The van der Waals surface area contributed by atoms with Gasteiger partial charge in [0.05, 0.1) is 62.7 Å². The molecular weight excluding hydrogens is 611 g/mol. The van der Waals surface area contributed by atoms with Crippen LogP contribution in [0.4, 0.5) is 0 Å². The first-order chi connectivity index (χ1) is 24.6. The van der Waals surface area contributed by atoms with E-state index in [1.54, 1.807) is 0 Å². The summed E-state index contributed by atoms with van der Waals surface area (Å²) in [5.41, 5.74) is 11.9. The number of hydrogen-bond acceptors (Lipinski definition) is 3. The highest BCUT2D eigenvalue weighted by Gasteiger charge is 2.17. The average molecular weight is 636 g/mol. The summed E-state index contributed by atoms with van der Waals surface area (Å²) >= 11 is 0. The van der Waals surface area contributed by atoms with Gasteiger partial charge in [-0.2, -0.15) is 15.8 Å². The van der Waals surface area contributed by atoms with Crippen LogP contribution in [0, 0.1) is 34.0 Å². The zero-order chi connectivity index (χ0) is 33.8. The normalized spacial score (nSPS) is 11.1. The zero-order valence-electron chi connectivity index (χ0n) is 26.7. The van der Waals surface area contributed by atoms with E-state index in [1.165, 1.54) is 10.8 Å². The van der Waals surface area contributed by atoms with Crippen molar-refractivity contribution >= 4 is 43.6 Å². The van der Waals surface area contributed by atoms with Gasteiger partial charge in [-0.3, -0.25) is 0 Å². The summed E-state index contributed by atoms with van der Waals surface area (Å²) < 4.78 is 4.46. The average Bonchev–Trinajstić information content (AvgIpc) is 3.69. The Labute approximate surface area is 287 Å². The maximum atomic E-state index is 9.87. The number of benzene rings is 7. The summed E-state index contributed by atoms with van der Waals surface area (Å²) in [6.45, 7) is 0. The quantitative estimate of drug-likeness (QED) is 0.193. The number of fused-ring (bicyclic) bond motifs is 6. The van der Waals surface area contributed by atoms with Gasteiger partial charge in [0, 0.05) is 32.8 Å². The fraction of sp³-hybridized carbons (Fsp3) is 0. The molecule has 2 aromatic heterocycles. The molecule has 0 unspecified atom stereocenters. The van der Waals surface area contributed by atoms with Crippen molar-refractivity contribution in [3.63, 3.8) is 0 Å². The highest BCUT2D eigenvalue weighted by Crippen LogP contribution is 2.38.